The van der Waals surface area contributed by atoms with E-state index in [0.29, 0.717) is 17.7 Å². The number of carbonyl (C=O) groups excluding carboxylic acids is 2. The minimum atomic E-state index is -3.36. The number of hydrogen-bond acceptors (Lipinski definition) is 5. The van der Waals surface area contributed by atoms with Crippen molar-refractivity contribution in [3.8, 4) is 0 Å². The fourth-order valence-electron chi connectivity index (χ4n) is 1.84. The number of rotatable bonds is 8. The van der Waals surface area contributed by atoms with Gasteiger partial charge in [0, 0.05) is 12.2 Å². The lowest BCUT2D eigenvalue weighted by Gasteiger charge is -2.10. The third kappa shape index (κ3) is 8.64. The Bertz CT molecular complexity index is 644. The van der Waals surface area contributed by atoms with Gasteiger partial charge in [0.25, 0.3) is 5.91 Å². The van der Waals surface area contributed by atoms with Crippen LogP contribution in [0.1, 0.15) is 39.2 Å². The third-order valence-corrected chi connectivity index (χ3v) is 3.45. The summed E-state index contributed by atoms with van der Waals surface area (Å²) in [7, 11) is -3.36. The number of hydrogen-bond donors (Lipinski definition) is 3. The molecule has 0 aliphatic carbocycles. The van der Waals surface area contributed by atoms with Crippen LogP contribution in [0, 0.1) is 0 Å². The molecule has 8 heteroatoms. The van der Waals surface area contributed by atoms with Gasteiger partial charge in [-0.05, 0) is 24.1 Å². The van der Waals surface area contributed by atoms with Gasteiger partial charge in [-0.3, -0.25) is 14.3 Å². The van der Waals surface area contributed by atoms with Gasteiger partial charge in [0.05, 0.1) is 12.3 Å². The van der Waals surface area contributed by atoms with Gasteiger partial charge in [-0.1, -0.05) is 39.3 Å². The van der Waals surface area contributed by atoms with Gasteiger partial charge in [0.15, 0.2) is 0 Å². The van der Waals surface area contributed by atoms with E-state index in [1.165, 1.54) is 0 Å². The van der Waals surface area contributed by atoms with Crippen molar-refractivity contribution in [1.82, 2.24) is 5.32 Å². The summed E-state index contributed by atoms with van der Waals surface area (Å²) in [5, 5.41) is 2.48. The molecule has 0 bridgehead atoms. The second kappa shape index (κ2) is 10.8. The van der Waals surface area contributed by atoms with Crippen LogP contribution in [0.15, 0.2) is 24.3 Å². The second-order valence-corrected chi connectivity index (χ2v) is 6.77. The van der Waals surface area contributed by atoms with Crippen LogP contribution in [0.3, 0.4) is 0 Å². The lowest BCUT2D eigenvalue weighted by atomic mass is 10.1. The van der Waals surface area contributed by atoms with E-state index in [2.05, 4.69) is 10.0 Å². The van der Waals surface area contributed by atoms with Crippen molar-refractivity contribution >= 4 is 27.4 Å². The van der Waals surface area contributed by atoms with E-state index in [0.717, 1.165) is 12.7 Å². The zero-order valence-corrected chi connectivity index (χ0v) is 15.4. The minimum Gasteiger partial charge on any atom is -0.345 e. The molecule has 7 nitrogen and oxygen atoms in total. The van der Waals surface area contributed by atoms with Crippen LogP contribution in [0.4, 0.5) is 5.69 Å². The molecule has 1 amide bonds. The lowest BCUT2D eigenvalue weighted by molar-refractivity contribution is -0.138. The molecule has 0 fully saturated rings. The maximum Gasteiger partial charge on any atom is 0.289 e. The van der Waals surface area contributed by atoms with E-state index in [1.54, 1.807) is 24.3 Å². The Morgan fingerprint density at radius 1 is 1.25 bits per heavy atom. The van der Waals surface area contributed by atoms with Crippen LogP contribution in [-0.2, 0) is 26.2 Å². The molecule has 0 aliphatic rings. The molecule has 1 atom stereocenters. The average molecular weight is 357 g/mol. The highest BCUT2D eigenvalue weighted by molar-refractivity contribution is 7.92. The molecular weight excluding hydrogens is 330 g/mol. The van der Waals surface area contributed by atoms with E-state index in [-0.39, 0.29) is 6.54 Å². The Kier molecular flexibility index (Phi) is 9.91. The molecule has 1 aromatic carbocycles. The molecule has 0 heterocycles. The van der Waals surface area contributed by atoms with Gasteiger partial charge in [0.1, 0.15) is 0 Å². The molecule has 0 spiro atoms. The summed E-state index contributed by atoms with van der Waals surface area (Å²) in [6.07, 6.45) is 2.23. The predicted molar refractivity (Wildman–Crippen MR) is 96.0 cm³/mol. The molecule has 1 aromatic rings. The quantitative estimate of drug-likeness (QED) is 0.608. The van der Waals surface area contributed by atoms with Crippen LogP contribution in [0.25, 0.3) is 0 Å². The molecule has 1 unspecified atom stereocenters. The van der Waals surface area contributed by atoms with Crippen LogP contribution < -0.4 is 15.8 Å². The number of carbonyl (C=O) groups is 2. The van der Waals surface area contributed by atoms with Crippen molar-refractivity contribution in [1.29, 1.82) is 0 Å². The fourth-order valence-corrected chi connectivity index (χ4v) is 2.39. The van der Waals surface area contributed by atoms with Crippen LogP contribution in [0.5, 0.6) is 0 Å². The van der Waals surface area contributed by atoms with Gasteiger partial charge < -0.3 is 11.1 Å². The van der Waals surface area contributed by atoms with E-state index in [9.17, 15) is 18.0 Å². The van der Waals surface area contributed by atoms with Crippen molar-refractivity contribution in [3.63, 3.8) is 0 Å². The standard InChI is InChI=1S/C14H21N3O4S.C2H6/c1-3-5-12(15)13(18)14(19)16-9-10-6-4-7-11(8-10)17-22(2,20)21;1-2/h4,6-8,12,17H,3,5,9,15H2,1-2H3,(H,16,19);1-2H3. The summed E-state index contributed by atoms with van der Waals surface area (Å²) in [5.74, 6) is -1.38. The highest BCUT2D eigenvalue weighted by Gasteiger charge is 2.20. The first-order valence-electron chi connectivity index (χ1n) is 7.87. The largest absolute Gasteiger partial charge is 0.345 e. The van der Waals surface area contributed by atoms with Crippen LogP contribution >= 0.6 is 0 Å². The number of Topliss-reactive ketones (excluding diaryl/α,β-unsaturated/α-hetero) is 1. The molecule has 0 saturated carbocycles. The minimum absolute atomic E-state index is 0.114. The summed E-state index contributed by atoms with van der Waals surface area (Å²) in [6.45, 7) is 5.99. The van der Waals surface area contributed by atoms with Crippen LogP contribution in [-0.4, -0.2) is 32.4 Å². The summed E-state index contributed by atoms with van der Waals surface area (Å²) < 4.78 is 24.7. The fraction of sp³-hybridized carbons (Fsp3) is 0.500. The lowest BCUT2D eigenvalue weighted by Crippen LogP contribution is -2.42. The maximum absolute atomic E-state index is 11.7. The number of nitrogens with one attached hydrogen (secondary N) is 2. The Hall–Kier alpha value is -1.93. The Morgan fingerprint density at radius 3 is 2.42 bits per heavy atom. The average Bonchev–Trinajstić information content (AvgIpc) is 2.52. The van der Waals surface area contributed by atoms with Crippen molar-refractivity contribution in [3.05, 3.63) is 29.8 Å². The maximum atomic E-state index is 11.7. The normalized spacial score (nSPS) is 11.7. The predicted octanol–water partition coefficient (Wildman–Crippen LogP) is 1.40. The third-order valence-electron chi connectivity index (χ3n) is 2.84. The number of ketones is 1. The molecule has 136 valence electrons. The first-order chi connectivity index (χ1) is 11.2. The number of anilines is 1. The number of sulfonamides is 1. The molecule has 0 aromatic heterocycles. The molecule has 4 N–H and O–H groups in total. The smallest absolute Gasteiger partial charge is 0.289 e. The zero-order valence-electron chi connectivity index (χ0n) is 14.6. The molecule has 0 aliphatic heterocycles. The van der Waals surface area contributed by atoms with Gasteiger partial charge in [0.2, 0.25) is 15.8 Å². The van der Waals surface area contributed by atoms with Gasteiger partial charge in [-0.15, -0.1) is 0 Å². The van der Waals surface area contributed by atoms with E-state index >= 15 is 0 Å². The van der Waals surface area contributed by atoms with E-state index < -0.39 is 27.8 Å². The number of nitrogens with two attached hydrogens (primary N) is 1. The first-order valence-corrected chi connectivity index (χ1v) is 9.76. The molecular formula is C16H27N3O4S. The zero-order chi connectivity index (χ0) is 18.8. The van der Waals surface area contributed by atoms with Crippen molar-refractivity contribution < 1.29 is 18.0 Å². The van der Waals surface area contributed by atoms with Crippen molar-refractivity contribution in [2.24, 2.45) is 5.73 Å². The van der Waals surface area contributed by atoms with Gasteiger partial charge >= 0.3 is 0 Å². The molecule has 0 saturated heterocycles. The summed E-state index contributed by atoms with van der Waals surface area (Å²) in [5.41, 5.74) is 6.66. The first kappa shape index (κ1) is 22.1. The number of benzene rings is 1. The summed E-state index contributed by atoms with van der Waals surface area (Å²) >= 11 is 0. The molecule has 24 heavy (non-hydrogen) atoms. The van der Waals surface area contributed by atoms with Crippen molar-refractivity contribution in [2.75, 3.05) is 11.0 Å². The summed E-state index contributed by atoms with van der Waals surface area (Å²) in [4.78, 5) is 23.4. The van der Waals surface area contributed by atoms with Gasteiger partial charge in [-0.2, -0.15) is 0 Å². The van der Waals surface area contributed by atoms with E-state index in [4.69, 9.17) is 5.73 Å². The van der Waals surface area contributed by atoms with Crippen molar-refractivity contribution in [2.45, 2.75) is 46.2 Å². The Morgan fingerprint density at radius 2 is 1.88 bits per heavy atom. The highest BCUT2D eigenvalue weighted by Crippen LogP contribution is 2.11. The van der Waals surface area contributed by atoms with Gasteiger partial charge in [-0.25, -0.2) is 8.42 Å². The molecule has 0 radical (unpaired) electrons. The highest BCUT2D eigenvalue weighted by atomic mass is 32.2. The SMILES string of the molecule is CC.CCCC(N)C(=O)C(=O)NCc1cccc(NS(C)(=O)=O)c1. The van der Waals surface area contributed by atoms with Crippen LogP contribution in [0.2, 0.25) is 0 Å². The number of amides is 1. The second-order valence-electron chi connectivity index (χ2n) is 5.02. The topological polar surface area (TPSA) is 118 Å². The van der Waals surface area contributed by atoms with E-state index in [1.807, 2.05) is 20.8 Å². The molecule has 1 rings (SSSR count). The summed E-state index contributed by atoms with van der Waals surface area (Å²) in [6, 6.07) is 5.75. The Labute approximate surface area is 144 Å². The monoisotopic (exact) mass is 357 g/mol. The Balaban J connectivity index is 0.00000254.